The monoisotopic (exact) mass is 250 g/mol. The van der Waals surface area contributed by atoms with Crippen LogP contribution in [0.2, 0.25) is 0 Å². The van der Waals surface area contributed by atoms with Gasteiger partial charge in [-0.25, -0.2) is 0 Å². The average Bonchev–Trinajstić information content (AvgIpc) is 2.39. The fourth-order valence-corrected chi connectivity index (χ4v) is 1.75. The van der Waals surface area contributed by atoms with Gasteiger partial charge in [0.25, 0.3) is 0 Å². The first-order chi connectivity index (χ1) is 8.91. The van der Waals surface area contributed by atoms with Gasteiger partial charge in [0.1, 0.15) is 0 Å². The summed E-state index contributed by atoms with van der Waals surface area (Å²) in [5, 5.41) is 23.2. The summed E-state index contributed by atoms with van der Waals surface area (Å²) in [4.78, 5) is 0. The van der Waals surface area contributed by atoms with Crippen LogP contribution in [0.3, 0.4) is 0 Å². The van der Waals surface area contributed by atoms with Crippen molar-refractivity contribution in [2.45, 2.75) is 51.4 Å². The molecule has 102 valence electrons. The highest BCUT2D eigenvalue weighted by Crippen LogP contribution is 2.04. The standard InChI is InChI=1S/C14H26N4/c15-9-7-13-17-11-5-3-1-2-4-6-12-18-14-8-10-16/h17-18H,1-8,11-14H2. The van der Waals surface area contributed by atoms with Crippen LogP contribution >= 0.6 is 0 Å². The number of hydrogen-bond acceptors (Lipinski definition) is 4. The molecule has 0 spiro atoms. The maximum absolute atomic E-state index is 8.35. The molecule has 4 nitrogen and oxygen atoms in total. The van der Waals surface area contributed by atoms with Gasteiger partial charge in [0, 0.05) is 25.9 Å². The van der Waals surface area contributed by atoms with Crippen LogP contribution in [0, 0.1) is 22.7 Å². The first kappa shape index (κ1) is 16.9. The molecule has 0 unspecified atom stereocenters. The summed E-state index contributed by atoms with van der Waals surface area (Å²) in [6.45, 7) is 3.73. The van der Waals surface area contributed by atoms with E-state index in [1.165, 1.54) is 38.5 Å². The molecule has 0 heterocycles. The third kappa shape index (κ3) is 14.9. The molecule has 0 atom stereocenters. The molecular formula is C14H26N4. The Morgan fingerprint density at radius 3 is 1.33 bits per heavy atom. The molecule has 0 saturated heterocycles. The van der Waals surface area contributed by atoms with E-state index in [1.807, 2.05) is 0 Å². The van der Waals surface area contributed by atoms with Gasteiger partial charge in [-0.2, -0.15) is 10.5 Å². The highest BCUT2D eigenvalue weighted by atomic mass is 14.8. The van der Waals surface area contributed by atoms with Gasteiger partial charge in [0.2, 0.25) is 0 Å². The lowest BCUT2D eigenvalue weighted by Crippen LogP contribution is -2.16. The van der Waals surface area contributed by atoms with Crippen molar-refractivity contribution in [3.8, 4) is 12.1 Å². The van der Waals surface area contributed by atoms with E-state index >= 15 is 0 Å². The quantitative estimate of drug-likeness (QED) is 0.492. The molecule has 0 aromatic heterocycles. The molecule has 0 radical (unpaired) electrons. The molecule has 4 heteroatoms. The maximum atomic E-state index is 8.35. The van der Waals surface area contributed by atoms with Crippen molar-refractivity contribution in [2.75, 3.05) is 26.2 Å². The molecule has 0 amide bonds. The van der Waals surface area contributed by atoms with Gasteiger partial charge >= 0.3 is 0 Å². The van der Waals surface area contributed by atoms with E-state index in [4.69, 9.17) is 10.5 Å². The zero-order valence-corrected chi connectivity index (χ0v) is 11.4. The molecular weight excluding hydrogens is 224 g/mol. The number of unbranched alkanes of at least 4 members (excludes halogenated alkanes) is 5. The van der Waals surface area contributed by atoms with Crippen LogP contribution in [-0.4, -0.2) is 26.2 Å². The molecule has 0 aromatic rings. The minimum absolute atomic E-state index is 0.610. The summed E-state index contributed by atoms with van der Waals surface area (Å²) in [5.41, 5.74) is 0. The van der Waals surface area contributed by atoms with Crippen molar-refractivity contribution < 1.29 is 0 Å². The summed E-state index contributed by atoms with van der Waals surface area (Å²) >= 11 is 0. The van der Waals surface area contributed by atoms with Crippen LogP contribution in [0.1, 0.15) is 51.4 Å². The second kappa shape index (κ2) is 15.9. The van der Waals surface area contributed by atoms with Gasteiger partial charge in [-0.15, -0.1) is 0 Å². The lowest BCUT2D eigenvalue weighted by atomic mass is 10.1. The van der Waals surface area contributed by atoms with Crippen molar-refractivity contribution in [2.24, 2.45) is 0 Å². The molecule has 0 fully saturated rings. The first-order valence-corrected chi connectivity index (χ1v) is 7.07. The van der Waals surface area contributed by atoms with Crippen LogP contribution in [0.25, 0.3) is 0 Å². The summed E-state index contributed by atoms with van der Waals surface area (Å²) in [6, 6.07) is 4.25. The summed E-state index contributed by atoms with van der Waals surface area (Å²) in [7, 11) is 0. The summed E-state index contributed by atoms with van der Waals surface area (Å²) in [6.07, 6.45) is 8.81. The van der Waals surface area contributed by atoms with Gasteiger partial charge in [-0.05, 0) is 25.9 Å². The fourth-order valence-electron chi connectivity index (χ4n) is 1.75. The van der Waals surface area contributed by atoms with Crippen molar-refractivity contribution in [1.29, 1.82) is 10.5 Å². The Bertz CT molecular complexity index is 213. The summed E-state index contributed by atoms with van der Waals surface area (Å²) < 4.78 is 0. The highest BCUT2D eigenvalue weighted by molar-refractivity contribution is 4.70. The fraction of sp³-hybridized carbons (Fsp3) is 0.857. The molecule has 0 aromatic carbocycles. The molecule has 0 saturated carbocycles. The zero-order chi connectivity index (χ0) is 13.3. The van der Waals surface area contributed by atoms with Crippen molar-refractivity contribution >= 4 is 0 Å². The van der Waals surface area contributed by atoms with Crippen molar-refractivity contribution in [3.05, 3.63) is 0 Å². The number of hydrogen-bond donors (Lipinski definition) is 2. The van der Waals surface area contributed by atoms with Crippen LogP contribution in [0.5, 0.6) is 0 Å². The van der Waals surface area contributed by atoms with E-state index in [1.54, 1.807) is 0 Å². The van der Waals surface area contributed by atoms with Crippen LogP contribution in [0.4, 0.5) is 0 Å². The van der Waals surface area contributed by atoms with Gasteiger partial charge in [-0.1, -0.05) is 25.7 Å². The zero-order valence-electron chi connectivity index (χ0n) is 11.4. The van der Waals surface area contributed by atoms with E-state index < -0.39 is 0 Å². The Balaban J connectivity index is 2.91. The second-order valence-corrected chi connectivity index (χ2v) is 4.44. The topological polar surface area (TPSA) is 71.6 Å². The van der Waals surface area contributed by atoms with E-state index in [0.29, 0.717) is 12.8 Å². The molecule has 18 heavy (non-hydrogen) atoms. The van der Waals surface area contributed by atoms with Crippen LogP contribution < -0.4 is 10.6 Å². The lowest BCUT2D eigenvalue weighted by molar-refractivity contribution is 0.553. The Morgan fingerprint density at radius 1 is 0.556 bits per heavy atom. The lowest BCUT2D eigenvalue weighted by Gasteiger charge is -2.04. The number of nitriles is 2. The second-order valence-electron chi connectivity index (χ2n) is 4.44. The SMILES string of the molecule is N#CCCNCCCCCCCCNCCC#N. The molecule has 0 bridgehead atoms. The average molecular weight is 250 g/mol. The highest BCUT2D eigenvalue weighted by Gasteiger charge is 1.92. The molecule has 0 rings (SSSR count). The normalized spacial score (nSPS) is 9.89. The van der Waals surface area contributed by atoms with Gasteiger partial charge in [-0.3, -0.25) is 0 Å². The Labute approximate surface area is 111 Å². The van der Waals surface area contributed by atoms with Crippen molar-refractivity contribution in [3.63, 3.8) is 0 Å². The Morgan fingerprint density at radius 2 is 0.944 bits per heavy atom. The van der Waals surface area contributed by atoms with Crippen LogP contribution in [0.15, 0.2) is 0 Å². The van der Waals surface area contributed by atoms with E-state index in [-0.39, 0.29) is 0 Å². The minimum atomic E-state index is 0.610. The first-order valence-electron chi connectivity index (χ1n) is 7.07. The minimum Gasteiger partial charge on any atom is -0.316 e. The third-order valence-electron chi connectivity index (χ3n) is 2.78. The van der Waals surface area contributed by atoms with Crippen molar-refractivity contribution in [1.82, 2.24) is 10.6 Å². The largest absolute Gasteiger partial charge is 0.316 e. The summed E-state index contributed by atoms with van der Waals surface area (Å²) in [5.74, 6) is 0. The van der Waals surface area contributed by atoms with Crippen LogP contribution in [-0.2, 0) is 0 Å². The number of rotatable bonds is 13. The molecule has 2 N–H and O–H groups in total. The van der Waals surface area contributed by atoms with E-state index in [2.05, 4.69) is 22.8 Å². The molecule has 0 aliphatic heterocycles. The van der Waals surface area contributed by atoms with Gasteiger partial charge in [0.15, 0.2) is 0 Å². The van der Waals surface area contributed by atoms with Gasteiger partial charge < -0.3 is 10.6 Å². The molecule has 0 aliphatic rings. The predicted molar refractivity (Wildman–Crippen MR) is 73.9 cm³/mol. The smallest absolute Gasteiger partial charge is 0.0635 e. The maximum Gasteiger partial charge on any atom is 0.0635 e. The molecule has 0 aliphatic carbocycles. The third-order valence-corrected chi connectivity index (χ3v) is 2.78. The van der Waals surface area contributed by atoms with Gasteiger partial charge in [0.05, 0.1) is 12.1 Å². The van der Waals surface area contributed by atoms with E-state index in [0.717, 1.165) is 26.2 Å². The Kier molecular flexibility index (Phi) is 14.9. The predicted octanol–water partition coefficient (Wildman–Crippen LogP) is 2.33. The number of nitrogens with zero attached hydrogens (tertiary/aromatic N) is 2. The number of nitrogens with one attached hydrogen (secondary N) is 2. The van der Waals surface area contributed by atoms with E-state index in [9.17, 15) is 0 Å². The Hall–Kier alpha value is -1.10.